The third kappa shape index (κ3) is 2.44. The number of rotatable bonds is 2. The topological polar surface area (TPSA) is 45.2 Å². The Morgan fingerprint density at radius 2 is 2.36 bits per heavy atom. The summed E-state index contributed by atoms with van der Waals surface area (Å²) in [5, 5.41) is 13.2. The van der Waals surface area contributed by atoms with Crippen LogP contribution in [0.5, 0.6) is 0 Å². The number of nitrogens with one attached hydrogen (secondary N) is 1. The Morgan fingerprint density at radius 1 is 1.50 bits per heavy atom. The van der Waals surface area contributed by atoms with E-state index in [9.17, 15) is 5.11 Å². The highest BCUT2D eigenvalue weighted by atomic mass is 35.5. The fraction of sp³-hybridized carbons (Fsp3) is 0.500. The molecule has 2 rings (SSSR count). The summed E-state index contributed by atoms with van der Waals surface area (Å²) in [5.41, 5.74) is 0.766. The average Bonchev–Trinajstić information content (AvgIpc) is 2.71. The lowest BCUT2D eigenvalue weighted by Crippen LogP contribution is -2.29. The Kier molecular flexibility index (Phi) is 4.32. The van der Waals surface area contributed by atoms with Gasteiger partial charge in [-0.1, -0.05) is 6.07 Å². The van der Waals surface area contributed by atoms with Crippen molar-refractivity contribution in [3.8, 4) is 0 Å². The van der Waals surface area contributed by atoms with E-state index in [1.807, 2.05) is 18.2 Å². The lowest BCUT2D eigenvalue weighted by atomic mass is 10.1. The Labute approximate surface area is 90.0 Å². The van der Waals surface area contributed by atoms with Gasteiger partial charge in [-0.15, -0.1) is 12.4 Å². The molecular weight excluding hydrogens is 200 g/mol. The minimum Gasteiger partial charge on any atom is -0.385 e. The van der Waals surface area contributed by atoms with Gasteiger partial charge in [0.25, 0.3) is 0 Å². The van der Waals surface area contributed by atoms with Gasteiger partial charge >= 0.3 is 0 Å². The van der Waals surface area contributed by atoms with Crippen molar-refractivity contribution in [2.24, 2.45) is 0 Å². The van der Waals surface area contributed by atoms with Crippen molar-refractivity contribution in [3.05, 3.63) is 30.1 Å². The SMILES string of the molecule is Cl.OC(c1ccccn1)[C@@H]1CCCN1. The second-order valence-electron chi connectivity index (χ2n) is 3.40. The molecular formula is C10H15ClN2O. The van der Waals surface area contributed by atoms with Gasteiger partial charge in [0, 0.05) is 12.2 Å². The normalized spacial score (nSPS) is 22.8. The number of nitrogens with zero attached hydrogens (tertiary/aromatic N) is 1. The summed E-state index contributed by atoms with van der Waals surface area (Å²) in [4.78, 5) is 4.13. The third-order valence-corrected chi connectivity index (χ3v) is 2.47. The van der Waals surface area contributed by atoms with Crippen molar-refractivity contribution < 1.29 is 5.11 Å². The first-order chi connectivity index (χ1) is 6.38. The van der Waals surface area contributed by atoms with Crippen LogP contribution in [0.2, 0.25) is 0 Å². The van der Waals surface area contributed by atoms with Gasteiger partial charge in [-0.25, -0.2) is 0 Å². The maximum atomic E-state index is 9.90. The van der Waals surface area contributed by atoms with Crippen LogP contribution in [0.4, 0.5) is 0 Å². The van der Waals surface area contributed by atoms with E-state index in [2.05, 4.69) is 10.3 Å². The Morgan fingerprint density at radius 3 is 2.93 bits per heavy atom. The summed E-state index contributed by atoms with van der Waals surface area (Å²) < 4.78 is 0. The summed E-state index contributed by atoms with van der Waals surface area (Å²) >= 11 is 0. The smallest absolute Gasteiger partial charge is 0.111 e. The fourth-order valence-electron chi connectivity index (χ4n) is 1.74. The molecule has 2 N–H and O–H groups in total. The third-order valence-electron chi connectivity index (χ3n) is 2.47. The molecule has 1 aromatic rings. The molecule has 14 heavy (non-hydrogen) atoms. The first-order valence-electron chi connectivity index (χ1n) is 4.70. The van der Waals surface area contributed by atoms with Crippen LogP contribution in [-0.2, 0) is 0 Å². The zero-order chi connectivity index (χ0) is 9.10. The maximum Gasteiger partial charge on any atom is 0.111 e. The molecule has 1 unspecified atom stereocenters. The molecule has 1 aliphatic rings. The number of hydrogen-bond acceptors (Lipinski definition) is 3. The Balaban J connectivity index is 0.000000980. The minimum atomic E-state index is -0.455. The lowest BCUT2D eigenvalue weighted by Gasteiger charge is -2.17. The molecule has 0 saturated carbocycles. The molecule has 1 fully saturated rings. The standard InChI is InChI=1S/C10H14N2O.ClH/c13-10(9-5-3-7-12-9)8-4-1-2-6-11-8;/h1-2,4,6,9-10,12-13H,3,5,7H2;1H/t9-,10?;/m0./s1. The fourth-order valence-corrected chi connectivity index (χ4v) is 1.74. The molecule has 4 heteroatoms. The van der Waals surface area contributed by atoms with Gasteiger partial charge in [-0.2, -0.15) is 0 Å². The van der Waals surface area contributed by atoms with Gasteiger partial charge in [-0.05, 0) is 31.5 Å². The first-order valence-corrected chi connectivity index (χ1v) is 4.70. The highest BCUT2D eigenvalue weighted by Gasteiger charge is 2.24. The van der Waals surface area contributed by atoms with Crippen molar-refractivity contribution in [1.82, 2.24) is 10.3 Å². The molecule has 0 spiro atoms. The highest BCUT2D eigenvalue weighted by molar-refractivity contribution is 5.85. The van der Waals surface area contributed by atoms with Crippen LogP contribution >= 0.6 is 12.4 Å². The van der Waals surface area contributed by atoms with Crippen LogP contribution in [0.1, 0.15) is 24.6 Å². The molecule has 0 bridgehead atoms. The maximum absolute atomic E-state index is 9.90. The Hall–Kier alpha value is -0.640. The van der Waals surface area contributed by atoms with Gasteiger partial charge in [0.2, 0.25) is 0 Å². The summed E-state index contributed by atoms with van der Waals surface area (Å²) in [7, 11) is 0. The minimum absolute atomic E-state index is 0. The molecule has 0 amide bonds. The molecule has 1 saturated heterocycles. The molecule has 1 aliphatic heterocycles. The molecule has 0 aliphatic carbocycles. The zero-order valence-electron chi connectivity index (χ0n) is 7.89. The van der Waals surface area contributed by atoms with Gasteiger partial charge in [-0.3, -0.25) is 4.98 Å². The van der Waals surface area contributed by atoms with E-state index >= 15 is 0 Å². The van der Waals surface area contributed by atoms with Crippen molar-refractivity contribution in [3.63, 3.8) is 0 Å². The van der Waals surface area contributed by atoms with Crippen LogP contribution < -0.4 is 5.32 Å². The van der Waals surface area contributed by atoms with E-state index < -0.39 is 6.10 Å². The number of aliphatic hydroxyl groups excluding tert-OH is 1. The molecule has 0 radical (unpaired) electrons. The molecule has 2 atom stereocenters. The largest absolute Gasteiger partial charge is 0.385 e. The number of aliphatic hydroxyl groups is 1. The van der Waals surface area contributed by atoms with Crippen LogP contribution in [-0.4, -0.2) is 22.7 Å². The molecule has 1 aromatic heterocycles. The van der Waals surface area contributed by atoms with E-state index in [0.29, 0.717) is 0 Å². The number of halogens is 1. The first kappa shape index (κ1) is 11.4. The predicted molar refractivity (Wildman–Crippen MR) is 57.5 cm³/mol. The van der Waals surface area contributed by atoms with Gasteiger partial charge in [0.1, 0.15) is 6.10 Å². The second kappa shape index (κ2) is 5.29. The van der Waals surface area contributed by atoms with Crippen molar-refractivity contribution in [2.45, 2.75) is 25.0 Å². The van der Waals surface area contributed by atoms with Crippen LogP contribution in [0.3, 0.4) is 0 Å². The van der Waals surface area contributed by atoms with Crippen LogP contribution in [0, 0.1) is 0 Å². The van der Waals surface area contributed by atoms with E-state index in [4.69, 9.17) is 0 Å². The van der Waals surface area contributed by atoms with E-state index in [-0.39, 0.29) is 18.4 Å². The Bertz CT molecular complexity index is 262. The number of pyridine rings is 1. The molecule has 0 aromatic carbocycles. The van der Waals surface area contributed by atoms with E-state index in [1.165, 1.54) is 0 Å². The molecule has 2 heterocycles. The summed E-state index contributed by atoms with van der Waals surface area (Å²) in [5.74, 6) is 0. The summed E-state index contributed by atoms with van der Waals surface area (Å²) in [6.07, 6.45) is 3.45. The van der Waals surface area contributed by atoms with E-state index in [0.717, 1.165) is 25.1 Å². The lowest BCUT2D eigenvalue weighted by molar-refractivity contribution is 0.133. The van der Waals surface area contributed by atoms with Crippen molar-refractivity contribution >= 4 is 12.4 Å². The highest BCUT2D eigenvalue weighted by Crippen LogP contribution is 2.20. The van der Waals surface area contributed by atoms with E-state index in [1.54, 1.807) is 6.20 Å². The molecule has 78 valence electrons. The van der Waals surface area contributed by atoms with Crippen LogP contribution in [0.25, 0.3) is 0 Å². The molecule has 3 nitrogen and oxygen atoms in total. The summed E-state index contributed by atoms with van der Waals surface area (Å²) in [6.45, 7) is 1.01. The van der Waals surface area contributed by atoms with Crippen molar-refractivity contribution in [2.75, 3.05) is 6.54 Å². The number of aromatic nitrogens is 1. The van der Waals surface area contributed by atoms with Gasteiger partial charge in [0.05, 0.1) is 5.69 Å². The van der Waals surface area contributed by atoms with Gasteiger partial charge < -0.3 is 10.4 Å². The number of hydrogen-bond donors (Lipinski definition) is 2. The summed E-state index contributed by atoms with van der Waals surface area (Å²) in [6, 6.07) is 5.82. The second-order valence-corrected chi connectivity index (χ2v) is 3.40. The van der Waals surface area contributed by atoms with Crippen LogP contribution in [0.15, 0.2) is 24.4 Å². The average molecular weight is 215 g/mol. The zero-order valence-corrected chi connectivity index (χ0v) is 8.70. The van der Waals surface area contributed by atoms with Crippen molar-refractivity contribution in [1.29, 1.82) is 0 Å². The quantitative estimate of drug-likeness (QED) is 0.780. The monoisotopic (exact) mass is 214 g/mol. The van der Waals surface area contributed by atoms with Gasteiger partial charge in [0.15, 0.2) is 0 Å². The predicted octanol–water partition coefficient (Wildman–Crippen LogP) is 1.29.